The van der Waals surface area contributed by atoms with Gasteiger partial charge in [0.2, 0.25) is 0 Å². The minimum absolute atomic E-state index is 0.470. The molecule has 2 rings (SSSR count). The highest BCUT2D eigenvalue weighted by molar-refractivity contribution is 4.75. The van der Waals surface area contributed by atoms with E-state index in [-0.39, 0.29) is 0 Å². The minimum atomic E-state index is 0.470. The first-order valence-electron chi connectivity index (χ1n) is 5.26. The second-order valence-corrected chi connectivity index (χ2v) is 4.17. The average molecular weight is 185 g/mol. The van der Waals surface area contributed by atoms with Crippen molar-refractivity contribution >= 4 is 0 Å². The van der Waals surface area contributed by atoms with Crippen molar-refractivity contribution in [3.8, 4) is 0 Å². The molecule has 0 aromatic rings. The van der Waals surface area contributed by atoms with E-state index in [1.807, 2.05) is 0 Å². The largest absolute Gasteiger partial charge is 0.377 e. The van der Waals surface area contributed by atoms with Crippen molar-refractivity contribution in [2.75, 3.05) is 33.4 Å². The molecule has 76 valence electrons. The molecule has 0 saturated carbocycles. The summed E-state index contributed by atoms with van der Waals surface area (Å²) in [6, 6.07) is 0. The zero-order valence-corrected chi connectivity index (χ0v) is 8.37. The van der Waals surface area contributed by atoms with Gasteiger partial charge in [-0.05, 0) is 26.3 Å². The zero-order chi connectivity index (χ0) is 9.10. The van der Waals surface area contributed by atoms with Gasteiger partial charge in [-0.15, -0.1) is 0 Å². The fourth-order valence-corrected chi connectivity index (χ4v) is 1.89. The Balaban J connectivity index is 1.62. The third-order valence-electron chi connectivity index (χ3n) is 2.71. The van der Waals surface area contributed by atoms with E-state index >= 15 is 0 Å². The molecular weight excluding hydrogens is 166 g/mol. The molecule has 2 fully saturated rings. The Labute approximate surface area is 80.0 Å². The van der Waals surface area contributed by atoms with Crippen LogP contribution in [0.2, 0.25) is 0 Å². The molecule has 0 aromatic carbocycles. The molecule has 2 saturated heterocycles. The highest BCUT2D eigenvalue weighted by atomic mass is 16.6. The molecule has 0 aliphatic carbocycles. The maximum atomic E-state index is 5.67. The van der Waals surface area contributed by atoms with Crippen molar-refractivity contribution in [1.82, 2.24) is 4.90 Å². The molecule has 0 radical (unpaired) electrons. The van der Waals surface area contributed by atoms with Crippen molar-refractivity contribution in [3.63, 3.8) is 0 Å². The Morgan fingerprint density at radius 3 is 2.54 bits per heavy atom. The smallest absolute Gasteiger partial charge is 0.0936 e. The summed E-state index contributed by atoms with van der Waals surface area (Å²) in [5.74, 6) is 0. The molecule has 2 aliphatic heterocycles. The monoisotopic (exact) mass is 185 g/mol. The molecule has 0 spiro atoms. The van der Waals surface area contributed by atoms with Crippen molar-refractivity contribution in [2.45, 2.75) is 31.5 Å². The van der Waals surface area contributed by atoms with Crippen LogP contribution in [-0.4, -0.2) is 50.5 Å². The Kier molecular flexibility index (Phi) is 3.19. The molecule has 2 aliphatic rings. The van der Waals surface area contributed by atoms with E-state index in [9.17, 15) is 0 Å². The van der Waals surface area contributed by atoms with E-state index in [4.69, 9.17) is 9.47 Å². The second-order valence-electron chi connectivity index (χ2n) is 4.17. The summed E-state index contributed by atoms with van der Waals surface area (Å²) in [7, 11) is 2.15. The first-order valence-corrected chi connectivity index (χ1v) is 5.26. The third kappa shape index (κ3) is 3.25. The SMILES string of the molecule is CN(CC1CCCCO1)CC1CO1. The van der Waals surface area contributed by atoms with E-state index in [1.54, 1.807) is 0 Å². The van der Waals surface area contributed by atoms with Crippen LogP contribution in [0.5, 0.6) is 0 Å². The van der Waals surface area contributed by atoms with Gasteiger partial charge in [0.15, 0.2) is 0 Å². The molecule has 0 N–H and O–H groups in total. The molecule has 3 nitrogen and oxygen atoms in total. The normalized spacial score (nSPS) is 33.7. The summed E-state index contributed by atoms with van der Waals surface area (Å²) < 4.78 is 10.9. The van der Waals surface area contributed by atoms with E-state index in [2.05, 4.69) is 11.9 Å². The summed E-state index contributed by atoms with van der Waals surface area (Å²) in [4.78, 5) is 2.33. The highest BCUT2D eigenvalue weighted by Gasteiger charge is 2.25. The van der Waals surface area contributed by atoms with Crippen LogP contribution in [0.15, 0.2) is 0 Å². The van der Waals surface area contributed by atoms with E-state index in [0.29, 0.717) is 12.2 Å². The second kappa shape index (κ2) is 4.40. The lowest BCUT2D eigenvalue weighted by Gasteiger charge is -2.26. The van der Waals surface area contributed by atoms with Crippen LogP contribution in [0.3, 0.4) is 0 Å². The van der Waals surface area contributed by atoms with Crippen LogP contribution >= 0.6 is 0 Å². The van der Waals surface area contributed by atoms with Gasteiger partial charge in [-0.1, -0.05) is 0 Å². The van der Waals surface area contributed by atoms with Gasteiger partial charge in [-0.25, -0.2) is 0 Å². The summed E-state index contributed by atoms with van der Waals surface area (Å²) in [6.07, 6.45) is 4.78. The van der Waals surface area contributed by atoms with Gasteiger partial charge < -0.3 is 14.4 Å². The number of epoxide rings is 1. The fraction of sp³-hybridized carbons (Fsp3) is 1.00. The van der Waals surface area contributed by atoms with Crippen molar-refractivity contribution < 1.29 is 9.47 Å². The lowest BCUT2D eigenvalue weighted by Crippen LogP contribution is -2.35. The summed E-state index contributed by atoms with van der Waals surface area (Å²) in [6.45, 7) is 4.05. The van der Waals surface area contributed by atoms with E-state index in [1.165, 1.54) is 19.3 Å². The minimum Gasteiger partial charge on any atom is -0.377 e. The molecule has 2 atom stereocenters. The van der Waals surface area contributed by atoms with Crippen LogP contribution in [-0.2, 0) is 9.47 Å². The van der Waals surface area contributed by atoms with Crippen molar-refractivity contribution in [2.24, 2.45) is 0 Å². The van der Waals surface area contributed by atoms with Gasteiger partial charge in [0, 0.05) is 19.7 Å². The van der Waals surface area contributed by atoms with Crippen molar-refractivity contribution in [1.29, 1.82) is 0 Å². The number of likely N-dealkylation sites (N-methyl/N-ethyl adjacent to an activating group) is 1. The first-order chi connectivity index (χ1) is 6.34. The maximum absolute atomic E-state index is 5.67. The Morgan fingerprint density at radius 1 is 1.15 bits per heavy atom. The van der Waals surface area contributed by atoms with Gasteiger partial charge in [0.25, 0.3) is 0 Å². The van der Waals surface area contributed by atoms with Gasteiger partial charge in [0.1, 0.15) is 0 Å². The molecule has 3 heteroatoms. The molecule has 2 heterocycles. The molecule has 2 unspecified atom stereocenters. The quantitative estimate of drug-likeness (QED) is 0.608. The standard InChI is InChI=1S/C10H19NO2/c1-11(7-10-8-13-10)6-9-4-2-3-5-12-9/h9-10H,2-8H2,1H3. The predicted octanol–water partition coefficient (Wildman–Crippen LogP) is 0.886. The van der Waals surface area contributed by atoms with Crippen LogP contribution in [0.25, 0.3) is 0 Å². The first kappa shape index (κ1) is 9.44. The Morgan fingerprint density at radius 2 is 1.92 bits per heavy atom. The Hall–Kier alpha value is -0.120. The van der Waals surface area contributed by atoms with Crippen LogP contribution in [0, 0.1) is 0 Å². The number of hydrogen-bond acceptors (Lipinski definition) is 3. The molecule has 13 heavy (non-hydrogen) atoms. The molecule has 0 aromatic heterocycles. The third-order valence-corrected chi connectivity index (χ3v) is 2.71. The number of nitrogens with zero attached hydrogens (tertiary/aromatic N) is 1. The molecule has 0 amide bonds. The lowest BCUT2D eigenvalue weighted by molar-refractivity contribution is -0.00215. The van der Waals surface area contributed by atoms with Crippen LogP contribution < -0.4 is 0 Å². The van der Waals surface area contributed by atoms with Crippen LogP contribution in [0.4, 0.5) is 0 Å². The van der Waals surface area contributed by atoms with Gasteiger partial charge in [-0.3, -0.25) is 0 Å². The predicted molar refractivity (Wildman–Crippen MR) is 50.8 cm³/mol. The van der Waals surface area contributed by atoms with E-state index < -0.39 is 0 Å². The number of rotatable bonds is 4. The van der Waals surface area contributed by atoms with Gasteiger partial charge >= 0.3 is 0 Å². The fourth-order valence-electron chi connectivity index (χ4n) is 1.89. The van der Waals surface area contributed by atoms with Crippen LogP contribution in [0.1, 0.15) is 19.3 Å². The summed E-state index contributed by atoms with van der Waals surface area (Å²) in [5, 5.41) is 0. The average Bonchev–Trinajstić information content (AvgIpc) is 2.90. The number of ether oxygens (including phenoxy) is 2. The lowest BCUT2D eigenvalue weighted by atomic mass is 10.1. The summed E-state index contributed by atoms with van der Waals surface area (Å²) in [5.41, 5.74) is 0. The molecule has 0 bridgehead atoms. The topological polar surface area (TPSA) is 25.0 Å². The molecular formula is C10H19NO2. The Bertz CT molecular complexity index is 153. The number of hydrogen-bond donors (Lipinski definition) is 0. The van der Waals surface area contributed by atoms with Gasteiger partial charge in [0.05, 0.1) is 18.8 Å². The summed E-state index contributed by atoms with van der Waals surface area (Å²) >= 11 is 0. The van der Waals surface area contributed by atoms with Crippen molar-refractivity contribution in [3.05, 3.63) is 0 Å². The zero-order valence-electron chi connectivity index (χ0n) is 8.37. The highest BCUT2D eigenvalue weighted by Crippen LogP contribution is 2.15. The van der Waals surface area contributed by atoms with Gasteiger partial charge in [-0.2, -0.15) is 0 Å². The maximum Gasteiger partial charge on any atom is 0.0936 e. The van der Waals surface area contributed by atoms with E-state index in [0.717, 1.165) is 26.3 Å².